The first kappa shape index (κ1) is 13.7. The highest BCUT2D eigenvalue weighted by atomic mass is 16.9. The Bertz CT molecular complexity index is 361. The lowest BCUT2D eigenvalue weighted by Crippen LogP contribution is -1.91. The van der Waals surface area contributed by atoms with E-state index in [9.17, 15) is 4.79 Å². The quantitative estimate of drug-likeness (QED) is 0.474. The minimum absolute atomic E-state index is 0.571. The van der Waals surface area contributed by atoms with Crippen molar-refractivity contribution in [2.24, 2.45) is 0 Å². The van der Waals surface area contributed by atoms with E-state index in [1.165, 1.54) is 7.11 Å². The van der Waals surface area contributed by atoms with Crippen LogP contribution < -0.4 is 9.47 Å². The number of nitrogens with zero attached hydrogens (tertiary/aromatic N) is 1. The third kappa shape index (κ3) is 4.80. The maximum Gasteiger partial charge on any atom is 0.291 e. The zero-order valence-corrected chi connectivity index (χ0v) is 8.75. The zero-order chi connectivity index (χ0) is 12.6. The van der Waals surface area contributed by atoms with Gasteiger partial charge in [-0.2, -0.15) is 0 Å². The first-order valence-electron chi connectivity index (χ1n) is 4.05. The molecule has 0 saturated heterocycles. The maximum atomic E-state index is 10.4. The third-order valence-corrected chi connectivity index (χ3v) is 1.54. The van der Waals surface area contributed by atoms with Crippen LogP contribution in [0.25, 0.3) is 0 Å². The average molecular weight is 229 g/mol. The zero-order valence-electron chi connectivity index (χ0n) is 8.75. The van der Waals surface area contributed by atoms with Gasteiger partial charge in [-0.15, -0.1) is 10.1 Å². The van der Waals surface area contributed by atoms with Crippen molar-refractivity contribution in [3.63, 3.8) is 0 Å². The van der Waals surface area contributed by atoms with Crippen LogP contribution in [0, 0.1) is 10.1 Å². The summed E-state index contributed by atoms with van der Waals surface area (Å²) >= 11 is 0. The van der Waals surface area contributed by atoms with Gasteiger partial charge in [0.1, 0.15) is 6.29 Å². The Balaban J connectivity index is 0.000000487. The molecule has 1 aromatic carbocycles. The van der Waals surface area contributed by atoms with Gasteiger partial charge in [-0.3, -0.25) is 4.79 Å². The van der Waals surface area contributed by atoms with E-state index in [2.05, 4.69) is 0 Å². The van der Waals surface area contributed by atoms with Gasteiger partial charge in [-0.1, -0.05) is 0 Å². The first-order chi connectivity index (χ1) is 7.54. The summed E-state index contributed by atoms with van der Waals surface area (Å²) in [4.78, 5) is 18.7. The largest absolute Gasteiger partial charge is 0.493 e. The van der Waals surface area contributed by atoms with Gasteiger partial charge in [0.15, 0.2) is 11.5 Å². The Morgan fingerprint density at radius 3 is 2.19 bits per heavy atom. The Kier molecular flexibility index (Phi) is 6.03. The number of hydrogen-bond donors (Lipinski definition) is 1. The second-order valence-electron chi connectivity index (χ2n) is 2.47. The van der Waals surface area contributed by atoms with Gasteiger partial charge < -0.3 is 14.7 Å². The molecule has 0 spiro atoms. The molecule has 0 aliphatic carbocycles. The number of carbonyl (C=O) groups is 1. The van der Waals surface area contributed by atoms with Gasteiger partial charge in [0, 0.05) is 5.56 Å². The highest BCUT2D eigenvalue weighted by Gasteiger charge is 2.02. The van der Waals surface area contributed by atoms with Crippen molar-refractivity contribution >= 4 is 6.29 Å². The molecule has 0 saturated carbocycles. The van der Waals surface area contributed by atoms with Crippen LogP contribution in [0.15, 0.2) is 18.2 Å². The van der Waals surface area contributed by atoms with Crippen molar-refractivity contribution in [3.05, 3.63) is 33.9 Å². The van der Waals surface area contributed by atoms with Crippen molar-refractivity contribution in [2.75, 3.05) is 14.2 Å². The highest BCUT2D eigenvalue weighted by Crippen LogP contribution is 2.26. The highest BCUT2D eigenvalue weighted by molar-refractivity contribution is 5.76. The van der Waals surface area contributed by atoms with Gasteiger partial charge in [-0.25, -0.2) is 0 Å². The molecule has 1 aromatic rings. The van der Waals surface area contributed by atoms with Gasteiger partial charge in [0.25, 0.3) is 5.09 Å². The third-order valence-electron chi connectivity index (χ3n) is 1.54. The normalized spacial score (nSPS) is 8.38. The fourth-order valence-electron chi connectivity index (χ4n) is 0.926. The summed E-state index contributed by atoms with van der Waals surface area (Å²) < 4.78 is 9.99. The topological polar surface area (TPSA) is 98.9 Å². The monoisotopic (exact) mass is 229 g/mol. The van der Waals surface area contributed by atoms with Crippen LogP contribution in [0.2, 0.25) is 0 Å². The van der Waals surface area contributed by atoms with Crippen LogP contribution in [0.1, 0.15) is 10.4 Å². The minimum Gasteiger partial charge on any atom is -0.493 e. The van der Waals surface area contributed by atoms with Crippen LogP contribution in [0.3, 0.4) is 0 Å². The number of methoxy groups -OCH3 is 2. The van der Waals surface area contributed by atoms with Crippen molar-refractivity contribution in [2.45, 2.75) is 0 Å². The van der Waals surface area contributed by atoms with E-state index >= 15 is 0 Å². The molecule has 0 radical (unpaired) electrons. The van der Waals surface area contributed by atoms with Crippen molar-refractivity contribution in [3.8, 4) is 11.5 Å². The lowest BCUT2D eigenvalue weighted by atomic mass is 10.2. The molecular weight excluding hydrogens is 218 g/mol. The second kappa shape index (κ2) is 7.04. The van der Waals surface area contributed by atoms with Crippen molar-refractivity contribution < 1.29 is 24.6 Å². The molecule has 0 aromatic heterocycles. The van der Waals surface area contributed by atoms with E-state index < -0.39 is 5.09 Å². The second-order valence-corrected chi connectivity index (χ2v) is 2.47. The lowest BCUT2D eigenvalue weighted by molar-refractivity contribution is -0.742. The average Bonchev–Trinajstić information content (AvgIpc) is 2.27. The smallest absolute Gasteiger partial charge is 0.291 e. The summed E-state index contributed by atoms with van der Waals surface area (Å²) in [6.07, 6.45) is 0.766. The Morgan fingerprint density at radius 2 is 1.81 bits per heavy atom. The van der Waals surface area contributed by atoms with Crippen LogP contribution in [-0.4, -0.2) is 30.8 Å². The molecule has 0 atom stereocenters. The van der Waals surface area contributed by atoms with E-state index in [0.29, 0.717) is 17.1 Å². The fourth-order valence-corrected chi connectivity index (χ4v) is 0.926. The van der Waals surface area contributed by atoms with Gasteiger partial charge in [-0.05, 0) is 18.2 Å². The van der Waals surface area contributed by atoms with Gasteiger partial charge >= 0.3 is 0 Å². The summed E-state index contributed by atoms with van der Waals surface area (Å²) in [5.74, 6) is 1.20. The molecule has 7 nitrogen and oxygen atoms in total. The van der Waals surface area contributed by atoms with Crippen LogP contribution in [0.5, 0.6) is 11.5 Å². The lowest BCUT2D eigenvalue weighted by Gasteiger charge is -2.06. The molecule has 0 aliphatic rings. The molecule has 0 heterocycles. The Morgan fingerprint density at radius 1 is 1.31 bits per heavy atom. The number of ether oxygens (including phenoxy) is 2. The number of rotatable bonds is 3. The standard InChI is InChI=1S/C9H10O3.HNO3/c1-11-8-4-3-7(6-10)5-9(8)12-2;2-1(3)4/h3-6H,1-2H3;(H,2,3,4). The summed E-state index contributed by atoms with van der Waals surface area (Å²) in [6.45, 7) is 0. The summed E-state index contributed by atoms with van der Waals surface area (Å²) in [5, 5.41) is 13.6. The number of aldehydes is 1. The maximum absolute atomic E-state index is 10.4. The summed E-state index contributed by atoms with van der Waals surface area (Å²) in [5.41, 5.74) is 0.577. The summed E-state index contributed by atoms with van der Waals surface area (Å²) in [7, 11) is 3.09. The molecule has 1 rings (SSSR count). The Labute approximate surface area is 91.3 Å². The predicted molar refractivity (Wildman–Crippen MR) is 53.7 cm³/mol. The number of hydrogen-bond acceptors (Lipinski definition) is 5. The fraction of sp³-hybridized carbons (Fsp3) is 0.222. The Hall–Kier alpha value is -2.31. The van der Waals surface area contributed by atoms with E-state index in [1.807, 2.05) is 0 Å². The molecule has 0 bridgehead atoms. The van der Waals surface area contributed by atoms with Crippen LogP contribution >= 0.6 is 0 Å². The number of carbonyl (C=O) groups excluding carboxylic acids is 1. The van der Waals surface area contributed by atoms with Crippen molar-refractivity contribution in [1.82, 2.24) is 0 Å². The SMILES string of the molecule is COc1ccc(C=O)cc1OC.O=[N+]([O-])O. The molecule has 0 aliphatic heterocycles. The number of benzene rings is 1. The van der Waals surface area contributed by atoms with Crippen LogP contribution in [0.4, 0.5) is 0 Å². The molecule has 88 valence electrons. The molecule has 0 unspecified atom stereocenters. The molecule has 0 fully saturated rings. The first-order valence-corrected chi connectivity index (χ1v) is 4.05. The molecule has 0 amide bonds. The van der Waals surface area contributed by atoms with E-state index in [-0.39, 0.29) is 0 Å². The van der Waals surface area contributed by atoms with Crippen LogP contribution in [-0.2, 0) is 0 Å². The predicted octanol–water partition coefficient (Wildman–Crippen LogP) is 1.17. The van der Waals surface area contributed by atoms with E-state index in [0.717, 1.165) is 6.29 Å². The summed E-state index contributed by atoms with van der Waals surface area (Å²) in [6, 6.07) is 5.00. The van der Waals surface area contributed by atoms with E-state index in [1.54, 1.807) is 25.3 Å². The molecule has 1 N–H and O–H groups in total. The minimum atomic E-state index is -1.50. The van der Waals surface area contributed by atoms with Gasteiger partial charge in [0.2, 0.25) is 0 Å². The van der Waals surface area contributed by atoms with Gasteiger partial charge in [0.05, 0.1) is 14.2 Å². The molecule has 7 heteroatoms. The van der Waals surface area contributed by atoms with E-state index in [4.69, 9.17) is 24.8 Å². The van der Waals surface area contributed by atoms with Crippen molar-refractivity contribution in [1.29, 1.82) is 0 Å². The molecular formula is C9H11NO6. The molecule has 16 heavy (non-hydrogen) atoms.